The Morgan fingerprint density at radius 1 is 1.29 bits per heavy atom. The predicted octanol–water partition coefficient (Wildman–Crippen LogP) is 4.22. The average molecular weight is 353 g/mol. The van der Waals surface area contributed by atoms with E-state index in [9.17, 15) is 8.78 Å². The summed E-state index contributed by atoms with van der Waals surface area (Å²) in [6.07, 6.45) is 0. The highest BCUT2D eigenvalue weighted by atomic mass is 79.9. The van der Waals surface area contributed by atoms with Crippen molar-refractivity contribution < 1.29 is 13.5 Å². The van der Waals surface area contributed by atoms with Gasteiger partial charge < -0.3 is 10.1 Å². The van der Waals surface area contributed by atoms with Crippen molar-refractivity contribution in [2.75, 3.05) is 12.4 Å². The van der Waals surface area contributed by atoms with Crippen LogP contribution in [0.5, 0.6) is 5.75 Å². The monoisotopic (exact) mass is 352 g/mol. The summed E-state index contributed by atoms with van der Waals surface area (Å²) < 4.78 is 32.2. The topological polar surface area (TPSA) is 45.0 Å². The number of benzene rings is 2. The van der Waals surface area contributed by atoms with Gasteiger partial charge in [0.15, 0.2) is 0 Å². The molecule has 0 aliphatic heterocycles. The molecule has 0 saturated heterocycles. The first kappa shape index (κ1) is 15.3. The SMILES string of the molecule is COc1ccc(C#N)cc1CNc1c(F)cc(F)cc1Br. The van der Waals surface area contributed by atoms with E-state index in [-0.39, 0.29) is 16.7 Å². The Kier molecular flexibility index (Phi) is 4.76. The Bertz CT molecular complexity index is 690. The number of halogens is 3. The fourth-order valence-corrected chi connectivity index (χ4v) is 2.43. The van der Waals surface area contributed by atoms with E-state index in [1.165, 1.54) is 13.2 Å². The third-order valence-corrected chi connectivity index (χ3v) is 3.50. The van der Waals surface area contributed by atoms with Crippen molar-refractivity contribution in [3.8, 4) is 11.8 Å². The fraction of sp³-hybridized carbons (Fsp3) is 0.133. The molecule has 0 atom stereocenters. The van der Waals surface area contributed by atoms with Crippen LogP contribution in [0.1, 0.15) is 11.1 Å². The molecule has 0 fully saturated rings. The van der Waals surface area contributed by atoms with Crippen molar-refractivity contribution in [3.63, 3.8) is 0 Å². The third kappa shape index (κ3) is 3.50. The first-order valence-corrected chi connectivity index (χ1v) is 6.80. The lowest BCUT2D eigenvalue weighted by Crippen LogP contribution is -2.05. The fourth-order valence-electron chi connectivity index (χ4n) is 1.88. The van der Waals surface area contributed by atoms with Crippen LogP contribution in [0.3, 0.4) is 0 Å². The number of rotatable bonds is 4. The Labute approximate surface area is 129 Å². The third-order valence-electron chi connectivity index (χ3n) is 2.87. The second-order valence-corrected chi connectivity index (χ2v) is 5.09. The standard InChI is InChI=1S/C15H11BrF2N2O/c1-21-14-3-2-9(7-19)4-10(14)8-20-15-12(16)5-11(17)6-13(15)18/h2-6,20H,8H2,1H3. The van der Waals surface area contributed by atoms with Crippen LogP contribution in [0.2, 0.25) is 0 Å². The summed E-state index contributed by atoms with van der Waals surface area (Å²) >= 11 is 3.11. The molecule has 0 amide bonds. The van der Waals surface area contributed by atoms with Crippen molar-refractivity contribution in [2.24, 2.45) is 0 Å². The number of nitrogens with one attached hydrogen (secondary N) is 1. The molecule has 2 aromatic rings. The van der Waals surface area contributed by atoms with E-state index >= 15 is 0 Å². The Hall–Kier alpha value is -2.13. The molecule has 0 aliphatic rings. The van der Waals surface area contributed by atoms with E-state index in [1.807, 2.05) is 6.07 Å². The van der Waals surface area contributed by atoms with Gasteiger partial charge in [-0.3, -0.25) is 0 Å². The van der Waals surface area contributed by atoms with Crippen molar-refractivity contribution in [2.45, 2.75) is 6.54 Å². The lowest BCUT2D eigenvalue weighted by atomic mass is 10.1. The molecule has 2 rings (SSSR count). The first-order valence-electron chi connectivity index (χ1n) is 6.00. The molecule has 0 bridgehead atoms. The van der Waals surface area contributed by atoms with Crippen LogP contribution in [-0.4, -0.2) is 7.11 Å². The molecule has 6 heteroatoms. The molecule has 3 nitrogen and oxygen atoms in total. The van der Waals surface area contributed by atoms with Crippen LogP contribution < -0.4 is 10.1 Å². The van der Waals surface area contributed by atoms with Crippen LogP contribution >= 0.6 is 15.9 Å². The molecule has 0 radical (unpaired) electrons. The normalized spacial score (nSPS) is 10.0. The summed E-state index contributed by atoms with van der Waals surface area (Å²) in [4.78, 5) is 0. The second kappa shape index (κ2) is 6.55. The van der Waals surface area contributed by atoms with Crippen LogP contribution in [0.25, 0.3) is 0 Å². The van der Waals surface area contributed by atoms with Crippen LogP contribution in [0, 0.1) is 23.0 Å². The summed E-state index contributed by atoms with van der Waals surface area (Å²) in [6, 6.07) is 8.97. The molecular formula is C15H11BrF2N2O. The predicted molar refractivity (Wildman–Crippen MR) is 79.1 cm³/mol. The molecule has 0 unspecified atom stereocenters. The van der Waals surface area contributed by atoms with Crippen molar-refractivity contribution in [1.29, 1.82) is 5.26 Å². The maximum Gasteiger partial charge on any atom is 0.150 e. The molecular weight excluding hydrogens is 342 g/mol. The number of methoxy groups -OCH3 is 1. The van der Waals surface area contributed by atoms with E-state index in [0.29, 0.717) is 16.9 Å². The van der Waals surface area contributed by atoms with Gasteiger partial charge in [-0.25, -0.2) is 8.78 Å². The van der Waals surface area contributed by atoms with E-state index in [0.717, 1.165) is 6.07 Å². The van der Waals surface area contributed by atoms with Crippen molar-refractivity contribution in [3.05, 3.63) is 57.6 Å². The van der Waals surface area contributed by atoms with E-state index < -0.39 is 11.6 Å². The Morgan fingerprint density at radius 3 is 2.67 bits per heavy atom. The van der Waals surface area contributed by atoms with Crippen LogP contribution in [0.4, 0.5) is 14.5 Å². The minimum atomic E-state index is -0.697. The highest BCUT2D eigenvalue weighted by Crippen LogP contribution is 2.28. The molecule has 0 aromatic heterocycles. The van der Waals surface area contributed by atoms with Gasteiger partial charge in [-0.1, -0.05) is 0 Å². The Morgan fingerprint density at radius 2 is 2.05 bits per heavy atom. The molecule has 0 saturated carbocycles. The molecule has 0 heterocycles. The Balaban J connectivity index is 2.26. The highest BCUT2D eigenvalue weighted by molar-refractivity contribution is 9.10. The molecule has 21 heavy (non-hydrogen) atoms. The van der Waals surface area contributed by atoms with Crippen LogP contribution in [-0.2, 0) is 6.54 Å². The molecule has 0 spiro atoms. The van der Waals surface area contributed by atoms with E-state index in [2.05, 4.69) is 21.2 Å². The zero-order valence-corrected chi connectivity index (χ0v) is 12.7. The van der Waals surface area contributed by atoms with Gasteiger partial charge in [0.25, 0.3) is 0 Å². The largest absolute Gasteiger partial charge is 0.496 e. The highest BCUT2D eigenvalue weighted by Gasteiger charge is 2.11. The first-order chi connectivity index (χ1) is 10.0. The summed E-state index contributed by atoms with van der Waals surface area (Å²) in [5.74, 6) is -0.772. The minimum Gasteiger partial charge on any atom is -0.496 e. The average Bonchev–Trinajstić information content (AvgIpc) is 2.45. The van der Waals surface area contributed by atoms with Gasteiger partial charge in [0, 0.05) is 22.6 Å². The molecule has 108 valence electrons. The van der Waals surface area contributed by atoms with Gasteiger partial charge in [0.05, 0.1) is 24.4 Å². The number of ether oxygens (including phenoxy) is 1. The summed E-state index contributed by atoms with van der Waals surface area (Å²) in [6.45, 7) is 0.236. The van der Waals surface area contributed by atoms with Crippen molar-refractivity contribution in [1.82, 2.24) is 0 Å². The minimum absolute atomic E-state index is 0.154. The van der Waals surface area contributed by atoms with Gasteiger partial charge in [0.1, 0.15) is 17.4 Å². The maximum atomic E-state index is 13.7. The van der Waals surface area contributed by atoms with Gasteiger partial charge in [0.2, 0.25) is 0 Å². The van der Waals surface area contributed by atoms with E-state index in [1.54, 1.807) is 18.2 Å². The quantitative estimate of drug-likeness (QED) is 0.895. The lowest BCUT2D eigenvalue weighted by Gasteiger charge is -2.13. The summed E-state index contributed by atoms with van der Waals surface area (Å²) in [5, 5.41) is 11.8. The summed E-state index contributed by atoms with van der Waals surface area (Å²) in [5.41, 5.74) is 1.33. The molecule has 0 aliphatic carbocycles. The number of nitriles is 1. The smallest absolute Gasteiger partial charge is 0.150 e. The number of hydrogen-bond donors (Lipinski definition) is 1. The van der Waals surface area contributed by atoms with Crippen LogP contribution in [0.15, 0.2) is 34.8 Å². The molecule has 1 N–H and O–H groups in total. The zero-order chi connectivity index (χ0) is 15.4. The summed E-state index contributed by atoms with van der Waals surface area (Å²) in [7, 11) is 1.51. The molecule has 2 aromatic carbocycles. The van der Waals surface area contributed by atoms with Gasteiger partial charge >= 0.3 is 0 Å². The van der Waals surface area contributed by atoms with Gasteiger partial charge in [-0.2, -0.15) is 5.26 Å². The zero-order valence-electron chi connectivity index (χ0n) is 11.1. The second-order valence-electron chi connectivity index (χ2n) is 4.24. The number of nitrogens with zero attached hydrogens (tertiary/aromatic N) is 1. The number of anilines is 1. The van der Waals surface area contributed by atoms with E-state index in [4.69, 9.17) is 10.00 Å². The van der Waals surface area contributed by atoms with Crippen molar-refractivity contribution >= 4 is 21.6 Å². The lowest BCUT2D eigenvalue weighted by molar-refractivity contribution is 0.410. The van der Waals surface area contributed by atoms with Gasteiger partial charge in [-0.05, 0) is 40.2 Å². The van der Waals surface area contributed by atoms with Gasteiger partial charge in [-0.15, -0.1) is 0 Å². The maximum absolute atomic E-state index is 13.7. The number of hydrogen-bond acceptors (Lipinski definition) is 3.